The number of piperazine rings is 1. The summed E-state index contributed by atoms with van der Waals surface area (Å²) in [6.45, 7) is 6.51. The third-order valence-electron chi connectivity index (χ3n) is 6.38. The van der Waals surface area contributed by atoms with Crippen molar-refractivity contribution in [3.63, 3.8) is 0 Å². The molecule has 0 spiro atoms. The number of anilines is 1. The first-order valence-electron chi connectivity index (χ1n) is 10.7. The molecule has 1 atom stereocenters. The number of aromatic amines is 1. The Morgan fingerprint density at radius 1 is 1.20 bits per heavy atom. The van der Waals surface area contributed by atoms with Crippen molar-refractivity contribution in [1.29, 1.82) is 0 Å². The zero-order valence-corrected chi connectivity index (χ0v) is 17.4. The zero-order chi connectivity index (χ0) is 20.5. The summed E-state index contributed by atoms with van der Waals surface area (Å²) >= 11 is 0. The minimum absolute atomic E-state index is 0.248. The van der Waals surface area contributed by atoms with Gasteiger partial charge in [-0.05, 0) is 18.6 Å². The number of hydrogen-bond donors (Lipinski definition) is 1. The maximum Gasteiger partial charge on any atom is 0.236 e. The quantitative estimate of drug-likeness (QED) is 0.693. The van der Waals surface area contributed by atoms with Gasteiger partial charge in [0.05, 0.1) is 24.9 Å². The van der Waals surface area contributed by atoms with E-state index in [2.05, 4.69) is 30.8 Å². The first-order chi connectivity index (χ1) is 14.7. The third kappa shape index (κ3) is 3.61. The van der Waals surface area contributed by atoms with Gasteiger partial charge in [0.25, 0.3) is 0 Å². The summed E-state index contributed by atoms with van der Waals surface area (Å²) < 4.78 is 5.25. The van der Waals surface area contributed by atoms with E-state index in [1.807, 2.05) is 29.6 Å². The van der Waals surface area contributed by atoms with Crippen LogP contribution in [0.3, 0.4) is 0 Å². The molecule has 5 rings (SSSR count). The van der Waals surface area contributed by atoms with E-state index >= 15 is 0 Å². The highest BCUT2D eigenvalue weighted by Gasteiger charge is 2.28. The molecule has 0 aromatic carbocycles. The van der Waals surface area contributed by atoms with Crippen LogP contribution in [0.2, 0.25) is 0 Å². The number of nitrogens with one attached hydrogen (secondary N) is 1. The van der Waals surface area contributed by atoms with Crippen molar-refractivity contribution in [2.24, 2.45) is 5.92 Å². The number of H-pyrrole nitrogens is 1. The highest BCUT2D eigenvalue weighted by Crippen LogP contribution is 2.31. The van der Waals surface area contributed by atoms with E-state index in [1.165, 1.54) is 11.1 Å². The normalized spacial score (nSPS) is 20.5. The van der Waals surface area contributed by atoms with Crippen LogP contribution in [-0.4, -0.2) is 90.2 Å². The van der Waals surface area contributed by atoms with Gasteiger partial charge >= 0.3 is 0 Å². The molecule has 1 N–H and O–H groups in total. The molecular formula is C22H28N6O2. The lowest BCUT2D eigenvalue weighted by Crippen LogP contribution is -2.50. The molecule has 2 aliphatic heterocycles. The number of aromatic nitrogens is 3. The van der Waals surface area contributed by atoms with Crippen molar-refractivity contribution in [3.05, 3.63) is 30.7 Å². The summed E-state index contributed by atoms with van der Waals surface area (Å²) in [6.07, 6.45) is 6.69. The van der Waals surface area contributed by atoms with Gasteiger partial charge in [0.1, 0.15) is 0 Å². The Morgan fingerprint density at radius 3 is 2.90 bits per heavy atom. The summed E-state index contributed by atoms with van der Waals surface area (Å²) in [6, 6.07) is 4.17. The van der Waals surface area contributed by atoms with Crippen LogP contribution in [0.15, 0.2) is 30.7 Å². The topological polar surface area (TPSA) is 77.6 Å². The van der Waals surface area contributed by atoms with Crippen LogP contribution in [0.25, 0.3) is 21.9 Å². The highest BCUT2D eigenvalue weighted by molar-refractivity contribution is 6.09. The fourth-order valence-electron chi connectivity index (χ4n) is 4.77. The Kier molecular flexibility index (Phi) is 5.26. The lowest BCUT2D eigenvalue weighted by atomic mass is 10.1. The molecule has 3 aromatic heterocycles. The number of carbonyl (C=O) groups is 1. The molecule has 0 saturated carbocycles. The highest BCUT2D eigenvalue weighted by atomic mass is 16.5. The van der Waals surface area contributed by atoms with Gasteiger partial charge in [-0.25, -0.2) is 9.97 Å². The van der Waals surface area contributed by atoms with E-state index in [0.29, 0.717) is 12.5 Å². The molecular weight excluding hydrogens is 380 g/mol. The minimum Gasteiger partial charge on any atom is -0.384 e. The second-order valence-corrected chi connectivity index (χ2v) is 8.30. The predicted molar refractivity (Wildman–Crippen MR) is 117 cm³/mol. The van der Waals surface area contributed by atoms with Gasteiger partial charge in [-0.15, -0.1) is 0 Å². The maximum absolute atomic E-state index is 12.7. The van der Waals surface area contributed by atoms with Crippen LogP contribution >= 0.6 is 0 Å². The number of hydrogen-bond acceptors (Lipinski definition) is 6. The van der Waals surface area contributed by atoms with Gasteiger partial charge in [0.15, 0.2) is 5.65 Å². The standard InChI is InChI=1S/C22H28N6O2/c1-30-15-16-4-7-28(13-16)20(29)14-26-8-10-27(11-9-26)19-3-6-23-18-12-25-22-17(21(18)19)2-5-24-22/h2-3,5-6,12,16,23H,4,7-11,13-15H2,1H3. The number of amides is 1. The number of pyridine rings is 2. The molecule has 1 unspecified atom stereocenters. The Labute approximate surface area is 175 Å². The van der Waals surface area contributed by atoms with Crippen LogP contribution in [-0.2, 0) is 9.53 Å². The van der Waals surface area contributed by atoms with Gasteiger partial charge in [-0.2, -0.15) is 0 Å². The number of rotatable bonds is 5. The molecule has 2 fully saturated rings. The van der Waals surface area contributed by atoms with Gasteiger partial charge in [0.2, 0.25) is 5.91 Å². The first-order valence-corrected chi connectivity index (χ1v) is 10.7. The van der Waals surface area contributed by atoms with Crippen molar-refractivity contribution < 1.29 is 9.53 Å². The average Bonchev–Trinajstić information content (AvgIpc) is 3.44. The smallest absolute Gasteiger partial charge is 0.236 e. The summed E-state index contributed by atoms with van der Waals surface area (Å²) in [5.41, 5.74) is 3.01. The Balaban J connectivity index is 1.25. The minimum atomic E-state index is 0.248. The van der Waals surface area contributed by atoms with E-state index in [0.717, 1.165) is 68.8 Å². The van der Waals surface area contributed by atoms with E-state index < -0.39 is 0 Å². The SMILES string of the molecule is COCC1CCN(C(=O)CN2CCN(c3cc[nH]c4cnc5nccc5c34)CC2)C1. The zero-order valence-electron chi connectivity index (χ0n) is 17.4. The Bertz CT molecular complexity index is 1040. The number of ether oxygens (including phenoxy) is 1. The molecule has 8 heteroatoms. The fourth-order valence-corrected chi connectivity index (χ4v) is 4.77. The molecule has 30 heavy (non-hydrogen) atoms. The lowest BCUT2D eigenvalue weighted by molar-refractivity contribution is -0.131. The molecule has 0 bridgehead atoms. The number of methoxy groups -OCH3 is 1. The predicted octanol–water partition coefficient (Wildman–Crippen LogP) is 1.73. The molecule has 8 nitrogen and oxygen atoms in total. The Morgan fingerprint density at radius 2 is 2.07 bits per heavy atom. The molecule has 5 heterocycles. The summed E-state index contributed by atoms with van der Waals surface area (Å²) in [5.74, 6) is 0.730. The molecule has 3 aromatic rings. The van der Waals surface area contributed by atoms with E-state index in [9.17, 15) is 4.79 Å². The van der Waals surface area contributed by atoms with Crippen molar-refractivity contribution in [2.45, 2.75) is 6.42 Å². The Hall–Kier alpha value is -2.71. The molecule has 2 saturated heterocycles. The van der Waals surface area contributed by atoms with E-state index in [4.69, 9.17) is 4.74 Å². The van der Waals surface area contributed by atoms with Gasteiger partial charge < -0.3 is 19.5 Å². The second-order valence-electron chi connectivity index (χ2n) is 8.30. The average molecular weight is 409 g/mol. The van der Waals surface area contributed by atoms with Crippen LogP contribution in [0, 0.1) is 5.92 Å². The number of fused-ring (bicyclic) bond motifs is 3. The van der Waals surface area contributed by atoms with Gasteiger partial charge in [-0.3, -0.25) is 9.69 Å². The lowest BCUT2D eigenvalue weighted by Gasteiger charge is -2.36. The van der Waals surface area contributed by atoms with Gasteiger partial charge in [-0.1, -0.05) is 0 Å². The van der Waals surface area contributed by atoms with Crippen molar-refractivity contribution in [3.8, 4) is 0 Å². The molecule has 1 amide bonds. The number of nitrogens with zero attached hydrogens (tertiary/aromatic N) is 5. The van der Waals surface area contributed by atoms with E-state index in [1.54, 1.807) is 7.11 Å². The van der Waals surface area contributed by atoms with E-state index in [-0.39, 0.29) is 5.91 Å². The third-order valence-corrected chi connectivity index (χ3v) is 6.38. The van der Waals surface area contributed by atoms with Crippen LogP contribution < -0.4 is 4.90 Å². The number of likely N-dealkylation sites (tertiary alicyclic amines) is 1. The maximum atomic E-state index is 12.7. The van der Waals surface area contributed by atoms with Crippen molar-refractivity contribution in [1.82, 2.24) is 24.8 Å². The monoisotopic (exact) mass is 408 g/mol. The second kappa shape index (κ2) is 8.20. The van der Waals surface area contributed by atoms with Crippen molar-refractivity contribution in [2.75, 3.05) is 64.4 Å². The fraction of sp³-hybridized carbons (Fsp3) is 0.500. The largest absolute Gasteiger partial charge is 0.384 e. The van der Waals surface area contributed by atoms with Crippen molar-refractivity contribution >= 4 is 33.5 Å². The van der Waals surface area contributed by atoms with Crippen LogP contribution in [0.5, 0.6) is 0 Å². The molecule has 0 aliphatic carbocycles. The molecule has 158 valence electrons. The van der Waals surface area contributed by atoms with Gasteiger partial charge in [0, 0.05) is 81.1 Å². The molecule has 0 radical (unpaired) electrons. The number of carbonyl (C=O) groups excluding carboxylic acids is 1. The summed E-state index contributed by atoms with van der Waals surface area (Å²) in [5, 5.41) is 2.25. The van der Waals surface area contributed by atoms with Crippen LogP contribution in [0.1, 0.15) is 6.42 Å². The molecule has 2 aliphatic rings. The first kappa shape index (κ1) is 19.3. The summed E-state index contributed by atoms with van der Waals surface area (Å²) in [7, 11) is 1.73. The van der Waals surface area contributed by atoms with Crippen LogP contribution in [0.4, 0.5) is 5.69 Å². The summed E-state index contributed by atoms with van der Waals surface area (Å²) in [4.78, 5) is 31.5.